The Morgan fingerprint density at radius 1 is 1.53 bits per heavy atom. The van der Waals surface area contributed by atoms with E-state index in [0.29, 0.717) is 11.4 Å². The van der Waals surface area contributed by atoms with Crippen molar-refractivity contribution in [1.82, 2.24) is 10.3 Å². The van der Waals surface area contributed by atoms with E-state index in [9.17, 15) is 9.59 Å². The third-order valence-corrected chi connectivity index (χ3v) is 2.20. The number of rotatable bonds is 5. The Labute approximate surface area is 98.6 Å². The highest BCUT2D eigenvalue weighted by Crippen LogP contribution is 2.06. The standard InChI is InChI=1S/C11H14N2O4/c1-7(11(15)16)5-13-10(14)8-3-4-9(17-2)12-6-8/h3-4,6-7H,5H2,1-2H3,(H,13,14)(H,15,16). The van der Waals surface area contributed by atoms with Gasteiger partial charge in [0.25, 0.3) is 5.91 Å². The summed E-state index contributed by atoms with van der Waals surface area (Å²) in [6.07, 6.45) is 1.37. The van der Waals surface area contributed by atoms with Crippen LogP contribution in [0.2, 0.25) is 0 Å². The zero-order valence-electron chi connectivity index (χ0n) is 9.64. The lowest BCUT2D eigenvalue weighted by Gasteiger charge is -2.08. The van der Waals surface area contributed by atoms with Gasteiger partial charge in [-0.25, -0.2) is 4.98 Å². The van der Waals surface area contributed by atoms with Crippen molar-refractivity contribution >= 4 is 11.9 Å². The Bertz CT molecular complexity index is 402. The van der Waals surface area contributed by atoms with Gasteiger partial charge in [-0.15, -0.1) is 0 Å². The summed E-state index contributed by atoms with van der Waals surface area (Å²) in [6, 6.07) is 3.13. The van der Waals surface area contributed by atoms with Crippen LogP contribution in [0.4, 0.5) is 0 Å². The number of ether oxygens (including phenoxy) is 1. The highest BCUT2D eigenvalue weighted by Gasteiger charge is 2.13. The molecule has 0 aliphatic carbocycles. The largest absolute Gasteiger partial charge is 0.481 e. The van der Waals surface area contributed by atoms with Gasteiger partial charge >= 0.3 is 5.97 Å². The molecule has 0 radical (unpaired) electrons. The molecule has 2 N–H and O–H groups in total. The monoisotopic (exact) mass is 238 g/mol. The molecule has 1 rings (SSSR count). The van der Waals surface area contributed by atoms with Crippen LogP contribution in [-0.4, -0.2) is 35.6 Å². The fourth-order valence-electron chi connectivity index (χ4n) is 1.07. The predicted molar refractivity (Wildman–Crippen MR) is 59.9 cm³/mol. The van der Waals surface area contributed by atoms with Gasteiger partial charge in [-0.3, -0.25) is 9.59 Å². The molecule has 1 aromatic rings. The number of nitrogens with zero attached hydrogens (tertiary/aromatic N) is 1. The van der Waals surface area contributed by atoms with Crippen LogP contribution >= 0.6 is 0 Å². The summed E-state index contributed by atoms with van der Waals surface area (Å²) in [5, 5.41) is 11.2. The molecule has 0 bridgehead atoms. The summed E-state index contributed by atoms with van der Waals surface area (Å²) in [4.78, 5) is 26.0. The van der Waals surface area contributed by atoms with E-state index >= 15 is 0 Å². The van der Waals surface area contributed by atoms with Crippen molar-refractivity contribution in [3.8, 4) is 5.88 Å². The molecule has 92 valence electrons. The lowest BCUT2D eigenvalue weighted by Crippen LogP contribution is -2.31. The number of hydrogen-bond acceptors (Lipinski definition) is 4. The van der Waals surface area contributed by atoms with Crippen LogP contribution in [0, 0.1) is 5.92 Å². The number of carbonyl (C=O) groups excluding carboxylic acids is 1. The van der Waals surface area contributed by atoms with Gasteiger partial charge in [0.05, 0.1) is 18.6 Å². The second kappa shape index (κ2) is 5.83. The number of carboxylic acid groups (broad SMARTS) is 1. The van der Waals surface area contributed by atoms with Crippen molar-refractivity contribution in [2.24, 2.45) is 5.92 Å². The predicted octanol–water partition coefficient (Wildman–Crippen LogP) is 0.541. The summed E-state index contributed by atoms with van der Waals surface area (Å²) in [5.74, 6) is -1.50. The molecule has 0 spiro atoms. The number of hydrogen-bond donors (Lipinski definition) is 2. The lowest BCUT2D eigenvalue weighted by atomic mass is 10.2. The Kier molecular flexibility index (Phi) is 4.45. The number of aromatic nitrogens is 1. The molecule has 0 aliphatic rings. The highest BCUT2D eigenvalue weighted by molar-refractivity contribution is 5.94. The molecule has 0 saturated carbocycles. The summed E-state index contributed by atoms with van der Waals surface area (Å²) in [5.41, 5.74) is 0.364. The highest BCUT2D eigenvalue weighted by atomic mass is 16.5. The van der Waals surface area contributed by atoms with Gasteiger partial charge in [0.15, 0.2) is 0 Å². The van der Waals surface area contributed by atoms with E-state index < -0.39 is 11.9 Å². The Hall–Kier alpha value is -2.11. The second-order valence-electron chi connectivity index (χ2n) is 3.54. The molecule has 1 amide bonds. The van der Waals surface area contributed by atoms with Crippen LogP contribution < -0.4 is 10.1 Å². The summed E-state index contributed by atoms with van der Waals surface area (Å²) in [7, 11) is 1.48. The van der Waals surface area contributed by atoms with Gasteiger partial charge < -0.3 is 15.2 Å². The zero-order chi connectivity index (χ0) is 12.8. The van der Waals surface area contributed by atoms with Gasteiger partial charge in [0.1, 0.15) is 0 Å². The minimum absolute atomic E-state index is 0.0835. The van der Waals surface area contributed by atoms with Crippen molar-refractivity contribution in [2.45, 2.75) is 6.92 Å². The molecule has 0 aliphatic heterocycles. The van der Waals surface area contributed by atoms with Crippen LogP contribution in [0.15, 0.2) is 18.3 Å². The van der Waals surface area contributed by atoms with Gasteiger partial charge in [-0.1, -0.05) is 6.92 Å². The number of methoxy groups -OCH3 is 1. The molecule has 6 nitrogen and oxygen atoms in total. The van der Waals surface area contributed by atoms with Crippen LogP contribution in [0.25, 0.3) is 0 Å². The Morgan fingerprint density at radius 2 is 2.24 bits per heavy atom. The van der Waals surface area contributed by atoms with Gasteiger partial charge in [-0.05, 0) is 6.07 Å². The van der Waals surface area contributed by atoms with Crippen molar-refractivity contribution in [1.29, 1.82) is 0 Å². The maximum absolute atomic E-state index is 11.6. The SMILES string of the molecule is COc1ccc(C(=O)NCC(C)C(=O)O)cn1. The van der Waals surface area contributed by atoms with Crippen LogP contribution in [0.3, 0.4) is 0 Å². The molecule has 0 saturated heterocycles. The van der Waals surface area contributed by atoms with Crippen LogP contribution in [0.5, 0.6) is 5.88 Å². The topological polar surface area (TPSA) is 88.5 Å². The number of nitrogens with one attached hydrogen (secondary N) is 1. The molecule has 1 heterocycles. The Morgan fingerprint density at radius 3 is 2.71 bits per heavy atom. The maximum Gasteiger partial charge on any atom is 0.308 e. The first-order valence-corrected chi connectivity index (χ1v) is 5.05. The first-order valence-electron chi connectivity index (χ1n) is 5.05. The summed E-state index contributed by atoms with van der Waals surface area (Å²) < 4.78 is 4.86. The number of carboxylic acids is 1. The van der Waals surface area contributed by atoms with E-state index in [1.54, 1.807) is 12.1 Å². The van der Waals surface area contributed by atoms with Crippen LogP contribution in [0.1, 0.15) is 17.3 Å². The van der Waals surface area contributed by atoms with Gasteiger partial charge in [0, 0.05) is 18.8 Å². The summed E-state index contributed by atoms with van der Waals surface area (Å²) >= 11 is 0. The molecule has 17 heavy (non-hydrogen) atoms. The van der Waals surface area contributed by atoms with Crippen molar-refractivity contribution in [2.75, 3.05) is 13.7 Å². The first-order chi connectivity index (χ1) is 8.04. The van der Waals surface area contributed by atoms with Gasteiger partial charge in [0.2, 0.25) is 5.88 Å². The van der Waals surface area contributed by atoms with Crippen LogP contribution in [-0.2, 0) is 4.79 Å². The van der Waals surface area contributed by atoms with E-state index in [1.807, 2.05) is 0 Å². The van der Waals surface area contributed by atoms with Crippen molar-refractivity contribution in [3.05, 3.63) is 23.9 Å². The number of amides is 1. The van der Waals surface area contributed by atoms with E-state index in [1.165, 1.54) is 20.2 Å². The van der Waals surface area contributed by atoms with E-state index in [-0.39, 0.29) is 12.5 Å². The molecule has 1 unspecified atom stereocenters. The zero-order valence-corrected chi connectivity index (χ0v) is 9.64. The molecular weight excluding hydrogens is 224 g/mol. The van der Waals surface area contributed by atoms with Crippen molar-refractivity contribution in [3.63, 3.8) is 0 Å². The minimum atomic E-state index is -0.946. The fraction of sp³-hybridized carbons (Fsp3) is 0.364. The third-order valence-electron chi connectivity index (χ3n) is 2.20. The average molecular weight is 238 g/mol. The molecule has 0 aromatic carbocycles. The molecular formula is C11H14N2O4. The minimum Gasteiger partial charge on any atom is -0.481 e. The third kappa shape index (κ3) is 3.75. The first kappa shape index (κ1) is 13.0. The average Bonchev–Trinajstić information content (AvgIpc) is 2.35. The molecule has 0 fully saturated rings. The number of carbonyl (C=O) groups is 2. The van der Waals surface area contributed by atoms with Crippen molar-refractivity contribution < 1.29 is 19.4 Å². The maximum atomic E-state index is 11.6. The fourth-order valence-corrected chi connectivity index (χ4v) is 1.07. The Balaban J connectivity index is 2.55. The summed E-state index contributed by atoms with van der Waals surface area (Å²) in [6.45, 7) is 1.61. The normalized spacial score (nSPS) is 11.6. The van der Waals surface area contributed by atoms with Gasteiger partial charge in [-0.2, -0.15) is 0 Å². The molecule has 1 atom stereocenters. The molecule has 6 heteroatoms. The number of pyridine rings is 1. The number of aliphatic carboxylic acids is 1. The lowest BCUT2D eigenvalue weighted by molar-refractivity contribution is -0.140. The quantitative estimate of drug-likeness (QED) is 0.781. The van der Waals surface area contributed by atoms with E-state index in [4.69, 9.17) is 9.84 Å². The smallest absolute Gasteiger partial charge is 0.308 e. The van der Waals surface area contributed by atoms with E-state index in [2.05, 4.69) is 10.3 Å². The van der Waals surface area contributed by atoms with E-state index in [0.717, 1.165) is 0 Å². The second-order valence-corrected chi connectivity index (χ2v) is 3.54. The molecule has 1 aromatic heterocycles.